The SMILES string of the molecule is CC(C)(CI)C(=O)OC1OC2COCOC2C2OCOC12. The first-order valence-corrected chi connectivity index (χ1v) is 8.40. The third kappa shape index (κ3) is 3.06. The largest absolute Gasteiger partial charge is 0.432 e. The van der Waals surface area contributed by atoms with Crippen LogP contribution in [0.1, 0.15) is 13.8 Å². The van der Waals surface area contributed by atoms with Crippen LogP contribution in [0.5, 0.6) is 0 Å². The zero-order valence-corrected chi connectivity index (χ0v) is 14.1. The number of fused-ring (bicyclic) bond motifs is 3. The van der Waals surface area contributed by atoms with Gasteiger partial charge in [0, 0.05) is 4.43 Å². The van der Waals surface area contributed by atoms with Crippen molar-refractivity contribution in [2.75, 3.05) is 24.6 Å². The molecule has 0 bridgehead atoms. The lowest BCUT2D eigenvalue weighted by Crippen LogP contribution is -2.61. The Bertz CT molecular complexity index is 402. The molecule has 8 heteroatoms. The molecule has 3 heterocycles. The minimum atomic E-state index is -0.793. The number of ether oxygens (including phenoxy) is 6. The molecule has 0 spiro atoms. The van der Waals surface area contributed by atoms with Gasteiger partial charge in [-0.2, -0.15) is 0 Å². The first kappa shape index (κ1) is 15.9. The third-order valence-corrected chi connectivity index (χ3v) is 5.75. The molecule has 3 rings (SSSR count). The quantitative estimate of drug-likeness (QED) is 0.385. The molecule has 3 aliphatic heterocycles. The van der Waals surface area contributed by atoms with E-state index >= 15 is 0 Å². The Morgan fingerprint density at radius 1 is 1.19 bits per heavy atom. The summed E-state index contributed by atoms with van der Waals surface area (Å²) < 4.78 is 33.9. The van der Waals surface area contributed by atoms with Crippen molar-refractivity contribution >= 4 is 28.6 Å². The number of carbonyl (C=O) groups excluding carboxylic acids is 1. The Balaban J connectivity index is 1.71. The molecule has 5 atom stereocenters. The molecule has 3 fully saturated rings. The van der Waals surface area contributed by atoms with E-state index in [4.69, 9.17) is 28.4 Å². The van der Waals surface area contributed by atoms with Gasteiger partial charge in [-0.15, -0.1) is 0 Å². The zero-order chi connectivity index (χ0) is 15.0. The van der Waals surface area contributed by atoms with Gasteiger partial charge in [-0.3, -0.25) is 4.79 Å². The summed E-state index contributed by atoms with van der Waals surface area (Å²) in [5.41, 5.74) is -0.574. The summed E-state index contributed by atoms with van der Waals surface area (Å²) in [6.07, 6.45) is -2.12. The average molecular weight is 414 g/mol. The zero-order valence-electron chi connectivity index (χ0n) is 12.0. The molecule has 21 heavy (non-hydrogen) atoms. The smallest absolute Gasteiger partial charge is 0.314 e. The third-order valence-electron chi connectivity index (χ3n) is 3.85. The van der Waals surface area contributed by atoms with Gasteiger partial charge in [0.1, 0.15) is 31.9 Å². The van der Waals surface area contributed by atoms with Gasteiger partial charge in [0.25, 0.3) is 0 Å². The van der Waals surface area contributed by atoms with Crippen molar-refractivity contribution in [3.05, 3.63) is 0 Å². The van der Waals surface area contributed by atoms with Crippen LogP contribution < -0.4 is 0 Å². The minimum absolute atomic E-state index is 0.149. The van der Waals surface area contributed by atoms with Crippen LogP contribution in [-0.2, 0) is 33.2 Å². The van der Waals surface area contributed by atoms with Crippen LogP contribution in [0.4, 0.5) is 0 Å². The average Bonchev–Trinajstić information content (AvgIpc) is 2.97. The lowest BCUT2D eigenvalue weighted by atomic mass is 9.96. The molecule has 3 saturated heterocycles. The molecule has 0 aromatic carbocycles. The molecular weight excluding hydrogens is 395 g/mol. The summed E-state index contributed by atoms with van der Waals surface area (Å²) in [4.78, 5) is 12.2. The van der Waals surface area contributed by atoms with Gasteiger partial charge >= 0.3 is 5.97 Å². The second-order valence-corrected chi connectivity index (χ2v) is 6.73. The van der Waals surface area contributed by atoms with E-state index in [0.717, 1.165) is 0 Å². The standard InChI is InChI=1S/C13H19IO7/c1-13(2,4-14)12(15)21-11-10-9(18-6-19-10)8-7(20-11)3-16-5-17-8/h7-11H,3-6H2,1-2H3. The van der Waals surface area contributed by atoms with Crippen LogP contribution in [0.15, 0.2) is 0 Å². The van der Waals surface area contributed by atoms with Gasteiger partial charge in [0.2, 0.25) is 6.29 Å². The fourth-order valence-corrected chi connectivity index (χ4v) is 2.79. The summed E-state index contributed by atoms with van der Waals surface area (Å²) in [5.74, 6) is -0.313. The van der Waals surface area contributed by atoms with Crippen molar-refractivity contribution in [2.45, 2.75) is 44.6 Å². The van der Waals surface area contributed by atoms with Crippen molar-refractivity contribution < 1.29 is 33.2 Å². The Kier molecular flexibility index (Phi) is 4.72. The van der Waals surface area contributed by atoms with Gasteiger partial charge in [-0.05, 0) is 13.8 Å². The van der Waals surface area contributed by atoms with Gasteiger partial charge in [0.15, 0.2) is 6.10 Å². The molecule has 0 saturated carbocycles. The number of rotatable bonds is 3. The number of alkyl halides is 1. The maximum atomic E-state index is 12.2. The number of esters is 1. The van der Waals surface area contributed by atoms with Crippen LogP contribution in [-0.4, -0.2) is 61.3 Å². The van der Waals surface area contributed by atoms with Crippen LogP contribution in [0.2, 0.25) is 0 Å². The highest BCUT2D eigenvalue weighted by Crippen LogP contribution is 2.35. The van der Waals surface area contributed by atoms with Crippen molar-refractivity contribution in [3.8, 4) is 0 Å². The fourth-order valence-electron chi connectivity index (χ4n) is 2.48. The van der Waals surface area contributed by atoms with Crippen molar-refractivity contribution in [1.82, 2.24) is 0 Å². The van der Waals surface area contributed by atoms with Gasteiger partial charge in [-0.1, -0.05) is 22.6 Å². The van der Waals surface area contributed by atoms with Crippen LogP contribution in [0.25, 0.3) is 0 Å². The number of hydrogen-bond donors (Lipinski definition) is 0. The predicted molar refractivity (Wildman–Crippen MR) is 77.7 cm³/mol. The van der Waals surface area contributed by atoms with E-state index in [1.165, 1.54) is 0 Å². The van der Waals surface area contributed by atoms with E-state index in [2.05, 4.69) is 22.6 Å². The highest BCUT2D eigenvalue weighted by molar-refractivity contribution is 14.1. The highest BCUT2D eigenvalue weighted by Gasteiger charge is 2.54. The summed E-state index contributed by atoms with van der Waals surface area (Å²) in [7, 11) is 0. The number of carbonyl (C=O) groups is 1. The second kappa shape index (κ2) is 6.25. The Morgan fingerprint density at radius 2 is 1.90 bits per heavy atom. The van der Waals surface area contributed by atoms with Crippen LogP contribution in [0, 0.1) is 5.41 Å². The van der Waals surface area contributed by atoms with Crippen LogP contribution >= 0.6 is 22.6 Å². The van der Waals surface area contributed by atoms with Crippen molar-refractivity contribution in [1.29, 1.82) is 0 Å². The van der Waals surface area contributed by atoms with Crippen LogP contribution in [0.3, 0.4) is 0 Å². The molecule has 0 aromatic heterocycles. The van der Waals surface area contributed by atoms with Gasteiger partial charge in [0.05, 0.1) is 12.0 Å². The van der Waals surface area contributed by atoms with Crippen molar-refractivity contribution in [2.24, 2.45) is 5.41 Å². The molecule has 0 aromatic rings. The Hall–Kier alpha value is -0.0000000000000000694. The minimum Gasteiger partial charge on any atom is -0.432 e. The summed E-state index contributed by atoms with van der Waals surface area (Å²) in [6.45, 7) is 4.42. The van der Waals surface area contributed by atoms with Gasteiger partial charge < -0.3 is 28.4 Å². The molecule has 3 aliphatic rings. The molecule has 0 N–H and O–H groups in total. The normalized spacial score (nSPS) is 39.5. The van der Waals surface area contributed by atoms with E-state index in [1.54, 1.807) is 0 Å². The Morgan fingerprint density at radius 3 is 2.67 bits per heavy atom. The summed E-state index contributed by atoms with van der Waals surface area (Å²) in [5, 5.41) is 0. The maximum Gasteiger partial charge on any atom is 0.314 e. The molecule has 120 valence electrons. The van der Waals surface area contributed by atoms with Crippen molar-refractivity contribution in [3.63, 3.8) is 0 Å². The maximum absolute atomic E-state index is 12.2. The van der Waals surface area contributed by atoms with E-state index in [1.807, 2.05) is 13.8 Å². The summed E-state index contributed by atoms with van der Waals surface area (Å²) in [6, 6.07) is 0. The fraction of sp³-hybridized carbons (Fsp3) is 0.923. The van der Waals surface area contributed by atoms with E-state index in [9.17, 15) is 4.79 Å². The number of hydrogen-bond acceptors (Lipinski definition) is 7. The highest BCUT2D eigenvalue weighted by atomic mass is 127. The number of halogens is 1. The van der Waals surface area contributed by atoms with E-state index in [-0.39, 0.29) is 37.9 Å². The molecular formula is C13H19IO7. The summed E-state index contributed by atoms with van der Waals surface area (Å²) >= 11 is 2.16. The Labute approximate surface area is 136 Å². The molecule has 5 unspecified atom stereocenters. The monoisotopic (exact) mass is 414 g/mol. The lowest BCUT2D eigenvalue weighted by Gasteiger charge is -2.43. The topological polar surface area (TPSA) is 72.5 Å². The van der Waals surface area contributed by atoms with Gasteiger partial charge in [-0.25, -0.2) is 0 Å². The first-order valence-electron chi connectivity index (χ1n) is 6.88. The lowest BCUT2D eigenvalue weighted by molar-refractivity contribution is -0.315. The molecule has 0 radical (unpaired) electrons. The molecule has 0 amide bonds. The molecule has 7 nitrogen and oxygen atoms in total. The molecule has 0 aliphatic carbocycles. The van der Waals surface area contributed by atoms with E-state index < -0.39 is 17.8 Å². The van der Waals surface area contributed by atoms with E-state index in [0.29, 0.717) is 11.0 Å². The first-order chi connectivity index (χ1) is 10.0. The second-order valence-electron chi connectivity index (χ2n) is 5.97. The predicted octanol–water partition coefficient (Wildman–Crippen LogP) is 0.830.